The van der Waals surface area contributed by atoms with Crippen LogP contribution in [0.4, 0.5) is 11.4 Å². The van der Waals surface area contributed by atoms with Gasteiger partial charge in [-0.3, -0.25) is 18.5 Å². The summed E-state index contributed by atoms with van der Waals surface area (Å²) < 4.78 is 120. The molecule has 0 aliphatic heterocycles. The fraction of sp³-hybridized carbons (Fsp3) is 0.400. The van der Waals surface area contributed by atoms with Crippen molar-refractivity contribution >= 4 is 81.2 Å². The minimum absolute atomic E-state index is 0. The summed E-state index contributed by atoms with van der Waals surface area (Å²) in [5, 5.41) is -1.11. The summed E-state index contributed by atoms with van der Waals surface area (Å²) in [6.45, 7) is 0. The van der Waals surface area contributed by atoms with Gasteiger partial charge in [-0.05, 0) is 73.9 Å². The molecule has 4 rings (SSSR count). The SMILES string of the molecule is O=S(=O)(O)c1cc(NS(=O)(=O)C2CC2)ccc1CCc1ccc(NS(=O)(=O)C2CC2)cc1S(=O)(=O)O.[NaH]. The third-order valence-electron chi connectivity index (χ3n) is 5.80. The molecule has 2 aliphatic rings. The van der Waals surface area contributed by atoms with Gasteiger partial charge >= 0.3 is 29.6 Å². The van der Waals surface area contributed by atoms with E-state index in [1.54, 1.807) is 0 Å². The van der Waals surface area contributed by atoms with Crippen LogP contribution < -0.4 is 9.44 Å². The molecule has 17 heteroatoms. The average Bonchev–Trinajstić information content (AvgIpc) is 3.62. The molecule has 2 aromatic carbocycles. The van der Waals surface area contributed by atoms with E-state index in [-0.39, 0.29) is 64.9 Å². The zero-order valence-electron chi connectivity index (χ0n) is 18.7. The van der Waals surface area contributed by atoms with E-state index in [9.17, 15) is 42.8 Å². The molecule has 4 N–H and O–H groups in total. The van der Waals surface area contributed by atoms with Gasteiger partial charge in [-0.2, -0.15) is 16.8 Å². The zero-order chi connectivity index (χ0) is 26.5. The van der Waals surface area contributed by atoms with Crippen molar-refractivity contribution in [1.29, 1.82) is 0 Å². The van der Waals surface area contributed by atoms with Crippen molar-refractivity contribution < 1.29 is 42.8 Å². The molecule has 2 saturated carbocycles. The molecule has 2 fully saturated rings. The number of benzene rings is 2. The summed E-state index contributed by atoms with van der Waals surface area (Å²) in [7, 11) is -16.9. The molecular weight excluding hydrogens is 579 g/mol. The Bertz CT molecular complexity index is 1510. The summed E-state index contributed by atoms with van der Waals surface area (Å²) in [4.78, 5) is -1.11. The molecule has 2 aliphatic carbocycles. The van der Waals surface area contributed by atoms with Gasteiger partial charge in [-0.25, -0.2) is 16.8 Å². The first-order chi connectivity index (χ1) is 16.6. The van der Waals surface area contributed by atoms with E-state index in [0.29, 0.717) is 25.7 Å². The molecule has 0 bridgehead atoms. The van der Waals surface area contributed by atoms with Crippen molar-refractivity contribution in [3.8, 4) is 0 Å². The maximum absolute atomic E-state index is 12.2. The Labute approximate surface area is 238 Å². The van der Waals surface area contributed by atoms with Crippen molar-refractivity contribution in [3.63, 3.8) is 0 Å². The Hall–Kier alpha value is -1.24. The van der Waals surface area contributed by atoms with Crippen molar-refractivity contribution in [2.75, 3.05) is 9.44 Å². The van der Waals surface area contributed by atoms with Crippen LogP contribution in [0, 0.1) is 0 Å². The van der Waals surface area contributed by atoms with Gasteiger partial charge in [0.1, 0.15) is 0 Å². The summed E-state index contributed by atoms with van der Waals surface area (Å²) in [6.07, 6.45) is 1.76. The third-order valence-corrected chi connectivity index (χ3v) is 11.4. The van der Waals surface area contributed by atoms with Gasteiger partial charge < -0.3 is 0 Å². The van der Waals surface area contributed by atoms with Crippen LogP contribution in [0.3, 0.4) is 0 Å². The summed E-state index contributed by atoms with van der Waals surface area (Å²) in [6, 6.07) is 7.18. The van der Waals surface area contributed by atoms with E-state index in [2.05, 4.69) is 9.44 Å². The number of nitrogens with one attached hydrogen (secondary N) is 2. The Morgan fingerprint density at radius 3 is 1.22 bits per heavy atom. The number of rotatable bonds is 11. The van der Waals surface area contributed by atoms with Crippen molar-refractivity contribution in [2.24, 2.45) is 0 Å². The van der Waals surface area contributed by atoms with Crippen LogP contribution in [-0.2, 0) is 53.1 Å². The molecule has 0 spiro atoms. The Morgan fingerprint density at radius 2 is 0.946 bits per heavy atom. The van der Waals surface area contributed by atoms with Crippen LogP contribution in [0.25, 0.3) is 0 Å². The Morgan fingerprint density at radius 1 is 0.622 bits per heavy atom. The van der Waals surface area contributed by atoms with E-state index < -0.39 is 60.6 Å². The standard InChI is InChI=1S/C20H24N2O10S4.Na.H/c23-33(24,17-7-8-17)21-15-5-3-13(19(11-15)35(27,28)29)1-2-14-4-6-16(12-20(14)36(30,31)32)22-34(25,26)18-9-10-18;;/h3-6,11-12,17-18,21-22H,1-2,7-10H2,(H,27,28,29)(H,30,31,32);;. The van der Waals surface area contributed by atoms with Crippen LogP contribution in [-0.4, -0.2) is 82.8 Å². The molecule has 12 nitrogen and oxygen atoms in total. The molecule has 0 radical (unpaired) electrons. The fourth-order valence-corrected chi connectivity index (χ4v) is 7.96. The first kappa shape index (κ1) is 30.3. The van der Waals surface area contributed by atoms with E-state index in [0.717, 1.165) is 12.1 Å². The molecule has 0 unspecified atom stereocenters. The van der Waals surface area contributed by atoms with Crippen molar-refractivity contribution in [3.05, 3.63) is 47.5 Å². The average molecular weight is 605 g/mol. The molecule has 2 aromatic rings. The number of anilines is 2. The normalized spacial score (nSPS) is 16.6. The van der Waals surface area contributed by atoms with Gasteiger partial charge in [0, 0.05) is 11.4 Å². The molecule has 0 heterocycles. The van der Waals surface area contributed by atoms with E-state index in [4.69, 9.17) is 0 Å². The number of hydrogen-bond acceptors (Lipinski definition) is 8. The maximum atomic E-state index is 12.2. The number of aryl methyl sites for hydroxylation is 2. The Balaban J connectivity index is 0.00000380. The van der Waals surface area contributed by atoms with Crippen molar-refractivity contribution in [1.82, 2.24) is 0 Å². The predicted molar refractivity (Wildman–Crippen MR) is 138 cm³/mol. The fourth-order valence-electron chi connectivity index (χ4n) is 3.65. The van der Waals surface area contributed by atoms with Gasteiger partial charge in [0.15, 0.2) is 0 Å². The number of sulfonamides is 2. The van der Waals surface area contributed by atoms with E-state index in [1.807, 2.05) is 0 Å². The van der Waals surface area contributed by atoms with Crippen molar-refractivity contribution in [2.45, 2.75) is 58.8 Å². The zero-order valence-corrected chi connectivity index (χ0v) is 21.9. The van der Waals surface area contributed by atoms with Gasteiger partial charge in [-0.15, -0.1) is 0 Å². The third kappa shape index (κ3) is 7.67. The van der Waals surface area contributed by atoms with Crippen LogP contribution in [0.1, 0.15) is 36.8 Å². The molecule has 0 aromatic heterocycles. The first-order valence-electron chi connectivity index (χ1n) is 10.8. The van der Waals surface area contributed by atoms with Crippen LogP contribution in [0.15, 0.2) is 46.2 Å². The van der Waals surface area contributed by atoms with Crippen LogP contribution >= 0.6 is 0 Å². The minimum atomic E-state index is -4.77. The second-order valence-corrected chi connectivity index (χ2v) is 15.5. The van der Waals surface area contributed by atoms with Gasteiger partial charge in [0.2, 0.25) is 20.0 Å². The topological polar surface area (TPSA) is 201 Å². The molecule has 0 atom stereocenters. The molecule has 0 amide bonds. The first-order valence-corrected chi connectivity index (χ1v) is 16.8. The predicted octanol–water partition coefficient (Wildman–Crippen LogP) is 1.12. The second kappa shape index (κ2) is 10.7. The second-order valence-electron chi connectivity index (χ2n) is 8.79. The van der Waals surface area contributed by atoms with Gasteiger partial charge in [0.25, 0.3) is 20.2 Å². The van der Waals surface area contributed by atoms with Gasteiger partial charge in [-0.1, -0.05) is 12.1 Å². The quantitative estimate of drug-likeness (QED) is 0.213. The van der Waals surface area contributed by atoms with Crippen LogP contribution in [0.5, 0.6) is 0 Å². The molecule has 37 heavy (non-hydrogen) atoms. The molecular formula is C20H25N2NaO10S4. The molecule has 200 valence electrons. The van der Waals surface area contributed by atoms with Gasteiger partial charge in [0.05, 0.1) is 20.3 Å². The summed E-state index contributed by atoms with van der Waals surface area (Å²) in [5.74, 6) is 0. The monoisotopic (exact) mass is 604 g/mol. The molecule has 0 saturated heterocycles. The summed E-state index contributed by atoms with van der Waals surface area (Å²) in [5.41, 5.74) is 0.0479. The van der Waals surface area contributed by atoms with E-state index in [1.165, 1.54) is 24.3 Å². The summed E-state index contributed by atoms with van der Waals surface area (Å²) >= 11 is 0. The van der Waals surface area contributed by atoms with E-state index >= 15 is 0 Å². The Kier molecular flexibility index (Phi) is 8.79. The number of hydrogen-bond donors (Lipinski definition) is 4. The van der Waals surface area contributed by atoms with Crippen LogP contribution in [0.2, 0.25) is 0 Å².